The maximum Gasteiger partial charge on any atom is 0.342 e. The summed E-state index contributed by atoms with van der Waals surface area (Å²) >= 11 is 0. The summed E-state index contributed by atoms with van der Waals surface area (Å²) in [5.41, 5.74) is 5.11. The summed E-state index contributed by atoms with van der Waals surface area (Å²) in [6.45, 7) is 0.743. The number of fused-ring (bicyclic) bond motifs is 3. The molecule has 0 saturated carbocycles. The van der Waals surface area contributed by atoms with Gasteiger partial charge in [0.05, 0.1) is 19.9 Å². The van der Waals surface area contributed by atoms with Crippen molar-refractivity contribution in [3.63, 3.8) is 0 Å². The van der Waals surface area contributed by atoms with Gasteiger partial charge in [0.2, 0.25) is 0 Å². The molecule has 1 aliphatic heterocycles. The molecular weight excluding hydrogens is 316 g/mol. The van der Waals surface area contributed by atoms with Gasteiger partial charge in [0.1, 0.15) is 17.0 Å². The molecule has 1 aromatic heterocycles. The quantitative estimate of drug-likeness (QED) is 0.687. The van der Waals surface area contributed by atoms with Gasteiger partial charge in [0, 0.05) is 17.7 Å². The van der Waals surface area contributed by atoms with Crippen LogP contribution < -0.4 is 4.74 Å². The van der Waals surface area contributed by atoms with Crippen LogP contribution in [0.15, 0.2) is 48.5 Å². The first-order chi connectivity index (χ1) is 12.2. The number of rotatable bonds is 3. The predicted molar refractivity (Wildman–Crippen MR) is 94.7 cm³/mol. The van der Waals surface area contributed by atoms with Gasteiger partial charge < -0.3 is 9.47 Å². The Morgan fingerprint density at radius 2 is 1.84 bits per heavy atom. The maximum atomic E-state index is 12.6. The lowest BCUT2D eigenvalue weighted by molar-refractivity contribution is 0.0602. The standard InChI is InChI=1S/C20H18N2O3/c1-24-15-9-7-14(8-10-15)18-17(20(23)25-2)19-16-6-4-3-5-13(16)11-12-22(19)21-18/h3-10H,11-12H2,1-2H3. The first-order valence-electron chi connectivity index (χ1n) is 8.14. The summed E-state index contributed by atoms with van der Waals surface area (Å²) in [5, 5.41) is 4.72. The van der Waals surface area contributed by atoms with E-state index in [-0.39, 0.29) is 5.97 Å². The Kier molecular flexibility index (Phi) is 3.76. The fraction of sp³-hybridized carbons (Fsp3) is 0.200. The van der Waals surface area contributed by atoms with Crippen LogP contribution in [0.4, 0.5) is 0 Å². The highest BCUT2D eigenvalue weighted by atomic mass is 16.5. The third kappa shape index (κ3) is 2.48. The summed E-state index contributed by atoms with van der Waals surface area (Å²) in [6.07, 6.45) is 0.896. The van der Waals surface area contributed by atoms with Gasteiger partial charge in [-0.3, -0.25) is 4.68 Å². The normalized spacial score (nSPS) is 12.2. The molecule has 2 heterocycles. The van der Waals surface area contributed by atoms with Gasteiger partial charge in [-0.2, -0.15) is 5.10 Å². The van der Waals surface area contributed by atoms with Crippen LogP contribution in [0.1, 0.15) is 15.9 Å². The minimum Gasteiger partial charge on any atom is -0.497 e. The number of nitrogens with zero attached hydrogens (tertiary/aromatic N) is 2. The second-order valence-corrected chi connectivity index (χ2v) is 5.92. The number of esters is 1. The van der Waals surface area contributed by atoms with Crippen LogP contribution in [-0.4, -0.2) is 30.0 Å². The molecule has 3 aromatic rings. The second-order valence-electron chi connectivity index (χ2n) is 5.92. The number of ether oxygens (including phenoxy) is 2. The third-order valence-corrected chi connectivity index (χ3v) is 4.57. The number of carbonyl (C=O) groups excluding carboxylic acids is 1. The lowest BCUT2D eigenvalue weighted by Gasteiger charge is -2.18. The van der Waals surface area contributed by atoms with Crippen LogP contribution in [0, 0.1) is 0 Å². The Morgan fingerprint density at radius 1 is 1.08 bits per heavy atom. The van der Waals surface area contributed by atoms with E-state index in [0.29, 0.717) is 11.3 Å². The maximum absolute atomic E-state index is 12.6. The summed E-state index contributed by atoms with van der Waals surface area (Å²) in [5.74, 6) is 0.390. The third-order valence-electron chi connectivity index (χ3n) is 4.57. The van der Waals surface area contributed by atoms with Crippen LogP contribution in [0.25, 0.3) is 22.5 Å². The monoisotopic (exact) mass is 334 g/mol. The highest BCUT2D eigenvalue weighted by Crippen LogP contribution is 2.37. The predicted octanol–water partition coefficient (Wildman–Crippen LogP) is 3.57. The molecule has 2 aromatic carbocycles. The van der Waals surface area contributed by atoms with Crippen molar-refractivity contribution in [2.24, 2.45) is 0 Å². The number of benzene rings is 2. The average Bonchev–Trinajstić information content (AvgIpc) is 3.07. The minimum atomic E-state index is -0.372. The van der Waals surface area contributed by atoms with E-state index in [9.17, 15) is 4.79 Å². The van der Waals surface area contributed by atoms with Crippen molar-refractivity contribution in [3.8, 4) is 28.3 Å². The Hall–Kier alpha value is -3.08. The molecule has 0 spiro atoms. The van der Waals surface area contributed by atoms with Crippen molar-refractivity contribution in [2.75, 3.05) is 14.2 Å². The van der Waals surface area contributed by atoms with Crippen LogP contribution in [0.5, 0.6) is 5.75 Å². The molecule has 5 nitrogen and oxygen atoms in total. The number of methoxy groups -OCH3 is 2. The van der Waals surface area contributed by atoms with E-state index in [1.165, 1.54) is 12.7 Å². The largest absolute Gasteiger partial charge is 0.497 e. The summed E-state index contributed by atoms with van der Waals surface area (Å²) < 4.78 is 12.2. The number of carbonyl (C=O) groups is 1. The van der Waals surface area contributed by atoms with Crippen molar-refractivity contribution in [1.82, 2.24) is 9.78 Å². The van der Waals surface area contributed by atoms with Crippen molar-refractivity contribution in [1.29, 1.82) is 0 Å². The molecule has 0 unspecified atom stereocenters. The minimum absolute atomic E-state index is 0.372. The number of hydrogen-bond donors (Lipinski definition) is 0. The van der Waals surface area contributed by atoms with E-state index in [1.54, 1.807) is 7.11 Å². The van der Waals surface area contributed by atoms with Crippen LogP contribution in [-0.2, 0) is 17.7 Å². The van der Waals surface area contributed by atoms with Crippen LogP contribution in [0.3, 0.4) is 0 Å². The molecule has 0 atom stereocenters. The molecule has 4 rings (SSSR count). The highest BCUT2D eigenvalue weighted by molar-refractivity contribution is 6.03. The molecule has 0 radical (unpaired) electrons. The number of aromatic nitrogens is 2. The van der Waals surface area contributed by atoms with E-state index in [0.717, 1.165) is 35.5 Å². The van der Waals surface area contributed by atoms with Gasteiger partial charge in [0.15, 0.2) is 0 Å². The number of aryl methyl sites for hydroxylation is 2. The summed E-state index contributed by atoms with van der Waals surface area (Å²) in [7, 11) is 3.03. The average molecular weight is 334 g/mol. The highest BCUT2D eigenvalue weighted by Gasteiger charge is 2.29. The zero-order valence-corrected chi connectivity index (χ0v) is 14.2. The van der Waals surface area contributed by atoms with Crippen molar-refractivity contribution in [2.45, 2.75) is 13.0 Å². The molecule has 0 saturated heterocycles. The Balaban J connectivity index is 1.95. The van der Waals surface area contributed by atoms with E-state index in [4.69, 9.17) is 14.6 Å². The summed E-state index contributed by atoms with van der Waals surface area (Å²) in [6, 6.07) is 15.7. The van der Waals surface area contributed by atoms with E-state index < -0.39 is 0 Å². The van der Waals surface area contributed by atoms with Gasteiger partial charge in [-0.15, -0.1) is 0 Å². The van der Waals surface area contributed by atoms with Gasteiger partial charge >= 0.3 is 5.97 Å². The summed E-state index contributed by atoms with van der Waals surface area (Å²) in [4.78, 5) is 12.6. The fourth-order valence-electron chi connectivity index (χ4n) is 3.34. The molecule has 0 bridgehead atoms. The van der Waals surface area contributed by atoms with Crippen LogP contribution in [0.2, 0.25) is 0 Å². The van der Waals surface area contributed by atoms with Crippen molar-refractivity contribution < 1.29 is 14.3 Å². The smallest absolute Gasteiger partial charge is 0.342 e. The zero-order chi connectivity index (χ0) is 17.4. The molecule has 1 aliphatic rings. The Bertz CT molecular complexity index is 942. The molecule has 25 heavy (non-hydrogen) atoms. The van der Waals surface area contributed by atoms with E-state index >= 15 is 0 Å². The lowest BCUT2D eigenvalue weighted by atomic mass is 9.94. The molecular formula is C20H18N2O3. The van der Waals surface area contributed by atoms with Gasteiger partial charge in [-0.25, -0.2) is 4.79 Å². The van der Waals surface area contributed by atoms with Crippen LogP contribution >= 0.6 is 0 Å². The van der Waals surface area contributed by atoms with Gasteiger partial charge in [0.25, 0.3) is 0 Å². The molecule has 0 aliphatic carbocycles. The first kappa shape index (κ1) is 15.4. The first-order valence-corrected chi connectivity index (χ1v) is 8.14. The lowest BCUT2D eigenvalue weighted by Crippen LogP contribution is -2.13. The molecule has 0 N–H and O–H groups in total. The van der Waals surface area contributed by atoms with E-state index in [1.807, 2.05) is 47.1 Å². The second kappa shape index (κ2) is 6.09. The topological polar surface area (TPSA) is 53.4 Å². The molecule has 5 heteroatoms. The molecule has 0 amide bonds. The number of hydrogen-bond acceptors (Lipinski definition) is 4. The zero-order valence-electron chi connectivity index (χ0n) is 14.2. The fourth-order valence-corrected chi connectivity index (χ4v) is 3.34. The van der Waals surface area contributed by atoms with Crippen molar-refractivity contribution >= 4 is 5.97 Å². The van der Waals surface area contributed by atoms with Gasteiger partial charge in [-0.05, 0) is 36.2 Å². The van der Waals surface area contributed by atoms with Gasteiger partial charge in [-0.1, -0.05) is 24.3 Å². The van der Waals surface area contributed by atoms with Crippen molar-refractivity contribution in [3.05, 3.63) is 59.7 Å². The van der Waals surface area contributed by atoms with E-state index in [2.05, 4.69) is 6.07 Å². The Labute approximate surface area is 145 Å². The Morgan fingerprint density at radius 3 is 2.56 bits per heavy atom. The molecule has 126 valence electrons. The SMILES string of the molecule is COC(=O)c1c(-c2ccc(OC)cc2)nn2c1-c1ccccc1CC2. The molecule has 0 fully saturated rings.